The van der Waals surface area contributed by atoms with Crippen molar-refractivity contribution in [3.8, 4) is 5.75 Å². The highest BCUT2D eigenvalue weighted by Crippen LogP contribution is 2.43. The zero-order valence-electron chi connectivity index (χ0n) is 15.5. The van der Waals surface area contributed by atoms with Crippen LogP contribution in [0.4, 0.5) is 0 Å². The van der Waals surface area contributed by atoms with Crippen LogP contribution in [0.25, 0.3) is 0 Å². The lowest BCUT2D eigenvalue weighted by atomic mass is 10.0. The van der Waals surface area contributed by atoms with Crippen molar-refractivity contribution in [2.45, 2.75) is 30.9 Å². The van der Waals surface area contributed by atoms with E-state index in [1.54, 1.807) is 7.11 Å². The van der Waals surface area contributed by atoms with Crippen LogP contribution in [0.15, 0.2) is 42.5 Å². The van der Waals surface area contributed by atoms with Gasteiger partial charge < -0.3 is 10.1 Å². The van der Waals surface area contributed by atoms with Crippen molar-refractivity contribution < 1.29 is 9.53 Å². The van der Waals surface area contributed by atoms with Gasteiger partial charge in [-0.15, -0.1) is 23.5 Å². The first-order valence-electron chi connectivity index (χ1n) is 8.87. The standard InChI is InChI=1S/C21H25NO2S2/c1-14-5-10-19(24-3)18(13-14)15(2)22-20(23)16-6-8-17(9-7-16)21-25-11-4-12-26-21/h5-10,13,15,21H,4,11-12H2,1-3H3,(H,22,23)/t15-/m1/s1. The first-order chi connectivity index (χ1) is 12.6. The van der Waals surface area contributed by atoms with Gasteiger partial charge in [-0.2, -0.15) is 0 Å². The van der Waals surface area contributed by atoms with Crippen LogP contribution < -0.4 is 10.1 Å². The number of carbonyl (C=O) groups excluding carboxylic acids is 1. The molecule has 2 aromatic rings. The Bertz CT molecular complexity index is 755. The van der Waals surface area contributed by atoms with Crippen LogP contribution in [0.3, 0.4) is 0 Å². The minimum atomic E-state index is -0.124. The van der Waals surface area contributed by atoms with Gasteiger partial charge >= 0.3 is 0 Å². The summed E-state index contributed by atoms with van der Waals surface area (Å²) in [5.74, 6) is 3.17. The summed E-state index contributed by atoms with van der Waals surface area (Å²) in [4.78, 5) is 12.6. The number of hydrogen-bond donors (Lipinski definition) is 1. The van der Waals surface area contributed by atoms with Gasteiger partial charge in [0.05, 0.1) is 17.7 Å². The molecule has 3 nitrogen and oxygen atoms in total. The molecule has 1 amide bonds. The van der Waals surface area contributed by atoms with Crippen molar-refractivity contribution in [1.82, 2.24) is 5.32 Å². The molecule has 1 atom stereocenters. The predicted octanol–water partition coefficient (Wildman–Crippen LogP) is 5.36. The smallest absolute Gasteiger partial charge is 0.251 e. The zero-order chi connectivity index (χ0) is 18.5. The summed E-state index contributed by atoms with van der Waals surface area (Å²) in [6.45, 7) is 4.02. The van der Waals surface area contributed by atoms with Crippen molar-refractivity contribution >= 4 is 29.4 Å². The molecule has 1 saturated heterocycles. The Morgan fingerprint density at radius 1 is 1.15 bits per heavy atom. The van der Waals surface area contributed by atoms with Crippen LogP contribution in [0, 0.1) is 6.92 Å². The first kappa shape index (κ1) is 19.2. The maximum atomic E-state index is 12.6. The Balaban J connectivity index is 1.68. The molecule has 1 heterocycles. The van der Waals surface area contributed by atoms with E-state index in [9.17, 15) is 4.79 Å². The maximum absolute atomic E-state index is 12.6. The van der Waals surface area contributed by atoms with Crippen molar-refractivity contribution in [1.29, 1.82) is 0 Å². The molecule has 0 aromatic heterocycles. The Kier molecular flexibility index (Phi) is 6.54. The minimum Gasteiger partial charge on any atom is -0.496 e. The molecule has 5 heteroatoms. The van der Waals surface area contributed by atoms with Gasteiger partial charge in [-0.3, -0.25) is 4.79 Å². The van der Waals surface area contributed by atoms with Crippen LogP contribution in [0.1, 0.15) is 51.0 Å². The van der Waals surface area contributed by atoms with Gasteiger partial charge in [0.1, 0.15) is 5.75 Å². The lowest BCUT2D eigenvalue weighted by molar-refractivity contribution is 0.0939. The normalized spacial score (nSPS) is 16.1. The maximum Gasteiger partial charge on any atom is 0.251 e. The van der Waals surface area contributed by atoms with Gasteiger partial charge in [0.25, 0.3) is 5.91 Å². The topological polar surface area (TPSA) is 38.3 Å². The fraction of sp³-hybridized carbons (Fsp3) is 0.381. The molecule has 1 aliphatic heterocycles. The summed E-state index contributed by atoms with van der Waals surface area (Å²) in [7, 11) is 1.66. The molecular weight excluding hydrogens is 362 g/mol. The van der Waals surface area contributed by atoms with Gasteiger partial charge in [0, 0.05) is 11.1 Å². The van der Waals surface area contributed by atoms with Gasteiger partial charge in [-0.25, -0.2) is 0 Å². The molecule has 1 aliphatic rings. The van der Waals surface area contributed by atoms with Crippen molar-refractivity contribution in [3.05, 3.63) is 64.7 Å². The van der Waals surface area contributed by atoms with E-state index in [0.29, 0.717) is 10.1 Å². The van der Waals surface area contributed by atoms with E-state index in [4.69, 9.17) is 4.74 Å². The zero-order valence-corrected chi connectivity index (χ0v) is 17.1. The molecular formula is C21H25NO2S2. The van der Waals surface area contributed by atoms with E-state index in [-0.39, 0.29) is 11.9 Å². The number of ether oxygens (including phenoxy) is 1. The van der Waals surface area contributed by atoms with E-state index in [2.05, 4.69) is 23.5 Å². The molecule has 0 bridgehead atoms. The molecule has 0 radical (unpaired) electrons. The average molecular weight is 388 g/mol. The molecule has 138 valence electrons. The van der Waals surface area contributed by atoms with Crippen molar-refractivity contribution in [3.63, 3.8) is 0 Å². The monoisotopic (exact) mass is 387 g/mol. The molecule has 0 saturated carbocycles. The second-order valence-electron chi connectivity index (χ2n) is 6.49. The molecule has 1 fully saturated rings. The summed E-state index contributed by atoms with van der Waals surface area (Å²) in [6.07, 6.45) is 1.28. The largest absolute Gasteiger partial charge is 0.496 e. The molecule has 1 N–H and O–H groups in total. The van der Waals surface area contributed by atoms with Gasteiger partial charge in [-0.1, -0.05) is 29.8 Å². The molecule has 0 aliphatic carbocycles. The van der Waals surface area contributed by atoms with Gasteiger partial charge in [0.2, 0.25) is 0 Å². The summed E-state index contributed by atoms with van der Waals surface area (Å²) in [6, 6.07) is 13.9. The third-order valence-corrected chi connectivity index (χ3v) is 7.49. The van der Waals surface area contributed by atoms with E-state index in [1.807, 2.05) is 61.6 Å². The third kappa shape index (κ3) is 4.57. The van der Waals surface area contributed by atoms with Crippen LogP contribution in [-0.4, -0.2) is 24.5 Å². The Morgan fingerprint density at radius 3 is 2.50 bits per heavy atom. The Labute approximate surface area is 164 Å². The molecule has 26 heavy (non-hydrogen) atoms. The summed E-state index contributed by atoms with van der Waals surface area (Å²) in [5.41, 5.74) is 4.13. The number of hydrogen-bond acceptors (Lipinski definition) is 4. The average Bonchev–Trinajstić information content (AvgIpc) is 2.68. The number of benzene rings is 2. The highest BCUT2D eigenvalue weighted by Gasteiger charge is 2.18. The van der Waals surface area contributed by atoms with Crippen LogP contribution in [-0.2, 0) is 0 Å². The second kappa shape index (κ2) is 8.87. The van der Waals surface area contributed by atoms with E-state index < -0.39 is 0 Å². The Hall–Kier alpha value is -1.59. The SMILES string of the molecule is COc1ccc(C)cc1[C@@H](C)NC(=O)c1ccc(C2SCCCS2)cc1. The number of carbonyl (C=O) groups is 1. The van der Waals surface area contributed by atoms with E-state index in [0.717, 1.165) is 16.9 Å². The highest BCUT2D eigenvalue weighted by molar-refractivity contribution is 8.16. The molecule has 0 unspecified atom stereocenters. The third-order valence-electron chi connectivity index (χ3n) is 4.47. The molecule has 0 spiro atoms. The Morgan fingerprint density at radius 2 is 1.85 bits per heavy atom. The van der Waals surface area contributed by atoms with Crippen LogP contribution >= 0.6 is 23.5 Å². The van der Waals surface area contributed by atoms with Crippen LogP contribution in [0.5, 0.6) is 5.75 Å². The fourth-order valence-electron chi connectivity index (χ4n) is 3.02. The number of rotatable bonds is 5. The number of nitrogens with one attached hydrogen (secondary N) is 1. The summed E-state index contributed by atoms with van der Waals surface area (Å²) in [5, 5.41) is 3.08. The lowest BCUT2D eigenvalue weighted by Crippen LogP contribution is -2.27. The van der Waals surface area contributed by atoms with Crippen molar-refractivity contribution in [2.75, 3.05) is 18.6 Å². The number of aryl methyl sites for hydroxylation is 1. The second-order valence-corrected chi connectivity index (χ2v) is 9.21. The predicted molar refractivity (Wildman–Crippen MR) is 112 cm³/mol. The molecule has 3 rings (SSSR count). The number of methoxy groups -OCH3 is 1. The fourth-order valence-corrected chi connectivity index (χ4v) is 5.92. The summed E-state index contributed by atoms with van der Waals surface area (Å²) >= 11 is 3.98. The van der Waals surface area contributed by atoms with Gasteiger partial charge in [0.15, 0.2) is 0 Å². The van der Waals surface area contributed by atoms with Crippen LogP contribution in [0.2, 0.25) is 0 Å². The van der Waals surface area contributed by atoms with Gasteiger partial charge in [-0.05, 0) is 55.5 Å². The van der Waals surface area contributed by atoms with E-state index in [1.165, 1.54) is 23.5 Å². The van der Waals surface area contributed by atoms with Crippen molar-refractivity contribution in [2.24, 2.45) is 0 Å². The lowest BCUT2D eigenvalue weighted by Gasteiger charge is -2.21. The summed E-state index contributed by atoms with van der Waals surface area (Å²) < 4.78 is 5.93. The number of amides is 1. The van der Waals surface area contributed by atoms with E-state index >= 15 is 0 Å². The highest BCUT2D eigenvalue weighted by atomic mass is 32.2. The molecule has 2 aromatic carbocycles. The first-order valence-corrected chi connectivity index (χ1v) is 11.0. The minimum absolute atomic E-state index is 0.0587. The quantitative estimate of drug-likeness (QED) is 0.749. The number of thioether (sulfide) groups is 2.